The number of nitrogens with two attached hydrogens (primary N) is 1. The predicted octanol–water partition coefficient (Wildman–Crippen LogP) is 2.17. The molecule has 0 spiro atoms. The third-order valence-electron chi connectivity index (χ3n) is 2.86. The Morgan fingerprint density at radius 3 is 2.95 bits per heavy atom. The average molecular weight is 417 g/mol. The summed E-state index contributed by atoms with van der Waals surface area (Å²) in [5.74, 6) is -0.0185. The van der Waals surface area contributed by atoms with Crippen LogP contribution in [0.25, 0.3) is 0 Å². The van der Waals surface area contributed by atoms with E-state index in [-0.39, 0.29) is 24.4 Å². The molecule has 0 radical (unpaired) electrons. The van der Waals surface area contributed by atoms with Crippen molar-refractivity contribution in [3.63, 3.8) is 0 Å². The lowest BCUT2D eigenvalue weighted by Crippen LogP contribution is -2.48. The van der Waals surface area contributed by atoms with Gasteiger partial charge in [-0.1, -0.05) is 11.6 Å². The molecule has 2 N–H and O–H groups in total. The maximum atomic E-state index is 12.3. The number of hydrogen-bond donors (Lipinski definition) is 1. The molecule has 1 fully saturated rings. The second kappa shape index (κ2) is 7.64. The zero-order valence-electron chi connectivity index (χ0n) is 10.1. The largest absolute Gasteiger partial charge is 0.373 e. The molecule has 1 heterocycles. The molecular formula is C12H15Cl2IN2O2. The zero-order valence-corrected chi connectivity index (χ0v) is 13.9. The van der Waals surface area contributed by atoms with Crippen molar-refractivity contribution in [2.24, 2.45) is 5.73 Å². The van der Waals surface area contributed by atoms with E-state index in [4.69, 9.17) is 22.1 Å². The number of benzene rings is 1. The lowest BCUT2D eigenvalue weighted by molar-refractivity contribution is -0.0167. The number of carbonyl (C=O) groups excluding carboxylic acids is 1. The Bertz CT molecular complexity index is 459. The van der Waals surface area contributed by atoms with Gasteiger partial charge < -0.3 is 15.4 Å². The van der Waals surface area contributed by atoms with E-state index in [2.05, 4.69) is 22.6 Å². The summed E-state index contributed by atoms with van der Waals surface area (Å²) in [7, 11) is 0. The van der Waals surface area contributed by atoms with Gasteiger partial charge in [0.15, 0.2) is 0 Å². The summed E-state index contributed by atoms with van der Waals surface area (Å²) in [5, 5.41) is 0.602. The summed E-state index contributed by atoms with van der Waals surface area (Å²) >= 11 is 8.16. The monoisotopic (exact) mass is 416 g/mol. The first kappa shape index (κ1) is 17.0. The van der Waals surface area contributed by atoms with Crippen molar-refractivity contribution in [2.45, 2.75) is 6.10 Å². The van der Waals surface area contributed by atoms with E-state index < -0.39 is 0 Å². The van der Waals surface area contributed by atoms with Crippen LogP contribution in [0, 0.1) is 3.57 Å². The van der Waals surface area contributed by atoms with Crippen molar-refractivity contribution < 1.29 is 9.53 Å². The standard InChI is InChI=1S/C12H14ClIN2O2.ClH/c13-10-5-8(1-2-11(10)14)12(17)16-3-4-18-9(6-15)7-16;/h1-2,5,9H,3-4,6-7,15H2;1H. The van der Waals surface area contributed by atoms with Crippen LogP contribution in [0.3, 0.4) is 0 Å². The first-order valence-corrected chi connectivity index (χ1v) is 7.13. The maximum absolute atomic E-state index is 12.3. The van der Waals surface area contributed by atoms with Crippen LogP contribution in [0.5, 0.6) is 0 Å². The molecule has 0 saturated carbocycles. The molecule has 4 nitrogen and oxygen atoms in total. The molecule has 1 saturated heterocycles. The van der Waals surface area contributed by atoms with Gasteiger partial charge in [0.1, 0.15) is 0 Å². The summed E-state index contributed by atoms with van der Waals surface area (Å²) in [6.07, 6.45) is -0.0676. The van der Waals surface area contributed by atoms with Gasteiger partial charge in [-0.15, -0.1) is 12.4 Å². The Morgan fingerprint density at radius 1 is 1.58 bits per heavy atom. The van der Waals surface area contributed by atoms with Crippen molar-refractivity contribution >= 4 is 52.5 Å². The summed E-state index contributed by atoms with van der Waals surface area (Å²) in [6, 6.07) is 5.35. The van der Waals surface area contributed by atoms with Gasteiger partial charge in [-0.05, 0) is 40.8 Å². The molecule has 0 bridgehead atoms. The lowest BCUT2D eigenvalue weighted by atomic mass is 10.1. The Balaban J connectivity index is 0.00000180. The van der Waals surface area contributed by atoms with E-state index in [1.807, 2.05) is 6.07 Å². The zero-order chi connectivity index (χ0) is 13.1. The molecule has 1 aromatic rings. The van der Waals surface area contributed by atoms with Crippen LogP contribution in [-0.4, -0.2) is 43.2 Å². The topological polar surface area (TPSA) is 55.6 Å². The van der Waals surface area contributed by atoms with Crippen LogP contribution in [-0.2, 0) is 4.74 Å². The second-order valence-corrected chi connectivity index (χ2v) is 5.68. The van der Waals surface area contributed by atoms with Crippen molar-refractivity contribution in [3.05, 3.63) is 32.4 Å². The third kappa shape index (κ3) is 4.19. The Labute approximate surface area is 137 Å². The SMILES string of the molecule is Cl.NCC1CN(C(=O)c2ccc(I)c(Cl)c2)CCO1. The smallest absolute Gasteiger partial charge is 0.254 e. The first-order chi connectivity index (χ1) is 8.61. The van der Waals surface area contributed by atoms with Gasteiger partial charge in [-0.25, -0.2) is 0 Å². The Morgan fingerprint density at radius 2 is 2.32 bits per heavy atom. The van der Waals surface area contributed by atoms with Crippen molar-refractivity contribution in [1.82, 2.24) is 4.90 Å². The summed E-state index contributed by atoms with van der Waals surface area (Å²) in [4.78, 5) is 14.1. The van der Waals surface area contributed by atoms with E-state index in [9.17, 15) is 4.79 Å². The van der Waals surface area contributed by atoms with E-state index in [0.29, 0.717) is 36.8 Å². The number of hydrogen-bond acceptors (Lipinski definition) is 3. The average Bonchev–Trinajstić information content (AvgIpc) is 2.41. The highest BCUT2D eigenvalue weighted by molar-refractivity contribution is 14.1. The van der Waals surface area contributed by atoms with E-state index in [1.165, 1.54) is 0 Å². The molecule has 1 aliphatic heterocycles. The molecule has 7 heteroatoms. The highest BCUT2D eigenvalue weighted by Crippen LogP contribution is 2.21. The minimum Gasteiger partial charge on any atom is -0.373 e. The van der Waals surface area contributed by atoms with Gasteiger partial charge in [0, 0.05) is 28.8 Å². The predicted molar refractivity (Wildman–Crippen MR) is 86.1 cm³/mol. The molecule has 1 amide bonds. The number of morpholine rings is 1. The molecule has 0 aliphatic carbocycles. The summed E-state index contributed by atoms with van der Waals surface area (Å²) in [5.41, 5.74) is 6.17. The van der Waals surface area contributed by atoms with Crippen molar-refractivity contribution in [1.29, 1.82) is 0 Å². The molecule has 1 aliphatic rings. The van der Waals surface area contributed by atoms with E-state index in [0.717, 1.165) is 3.57 Å². The van der Waals surface area contributed by atoms with Crippen molar-refractivity contribution in [3.8, 4) is 0 Å². The highest BCUT2D eigenvalue weighted by atomic mass is 127. The Kier molecular flexibility index (Phi) is 6.82. The van der Waals surface area contributed by atoms with Gasteiger partial charge in [0.25, 0.3) is 5.91 Å². The van der Waals surface area contributed by atoms with Crippen LogP contribution in [0.2, 0.25) is 5.02 Å². The number of amides is 1. The number of carbonyl (C=O) groups is 1. The van der Waals surface area contributed by atoms with Crippen LogP contribution < -0.4 is 5.73 Å². The quantitative estimate of drug-likeness (QED) is 0.751. The molecular weight excluding hydrogens is 402 g/mol. The van der Waals surface area contributed by atoms with Crippen LogP contribution in [0.4, 0.5) is 0 Å². The fourth-order valence-electron chi connectivity index (χ4n) is 1.86. The molecule has 106 valence electrons. The highest BCUT2D eigenvalue weighted by Gasteiger charge is 2.24. The minimum absolute atomic E-state index is 0. The summed E-state index contributed by atoms with van der Waals surface area (Å²) in [6.45, 7) is 2.10. The molecule has 19 heavy (non-hydrogen) atoms. The second-order valence-electron chi connectivity index (χ2n) is 4.11. The minimum atomic E-state index is -0.0676. The van der Waals surface area contributed by atoms with Crippen molar-refractivity contribution in [2.75, 3.05) is 26.2 Å². The van der Waals surface area contributed by atoms with Gasteiger partial charge >= 0.3 is 0 Å². The van der Waals surface area contributed by atoms with Crippen LogP contribution in [0.1, 0.15) is 10.4 Å². The Hall–Kier alpha value is -0.0800. The number of rotatable bonds is 2. The van der Waals surface area contributed by atoms with Gasteiger partial charge in [0.2, 0.25) is 0 Å². The normalized spacial score (nSPS) is 18.9. The van der Waals surface area contributed by atoms with Gasteiger partial charge in [-0.2, -0.15) is 0 Å². The molecule has 1 atom stereocenters. The maximum Gasteiger partial charge on any atom is 0.254 e. The molecule has 0 aromatic heterocycles. The van der Waals surface area contributed by atoms with Crippen LogP contribution in [0.15, 0.2) is 18.2 Å². The molecule has 1 unspecified atom stereocenters. The molecule has 1 aromatic carbocycles. The molecule has 2 rings (SSSR count). The number of ether oxygens (including phenoxy) is 1. The van der Waals surface area contributed by atoms with Crippen LogP contribution >= 0.6 is 46.6 Å². The lowest BCUT2D eigenvalue weighted by Gasteiger charge is -2.32. The fourth-order valence-corrected chi connectivity index (χ4v) is 2.37. The van der Waals surface area contributed by atoms with E-state index in [1.54, 1.807) is 17.0 Å². The summed E-state index contributed by atoms with van der Waals surface area (Å²) < 4.78 is 6.38. The first-order valence-electron chi connectivity index (χ1n) is 5.68. The van der Waals surface area contributed by atoms with Gasteiger partial charge in [-0.3, -0.25) is 4.79 Å². The van der Waals surface area contributed by atoms with E-state index >= 15 is 0 Å². The number of halogens is 3. The third-order valence-corrected chi connectivity index (χ3v) is 4.43. The number of nitrogens with zero attached hydrogens (tertiary/aromatic N) is 1. The fraction of sp³-hybridized carbons (Fsp3) is 0.417. The van der Waals surface area contributed by atoms with Gasteiger partial charge in [0.05, 0.1) is 17.7 Å².